The van der Waals surface area contributed by atoms with E-state index in [1.165, 1.54) is 6.07 Å². The molecule has 0 bridgehead atoms. The summed E-state index contributed by atoms with van der Waals surface area (Å²) in [5, 5.41) is 22.2. The first-order valence-electron chi connectivity index (χ1n) is 9.55. The zero-order valence-electron chi connectivity index (χ0n) is 16.1. The summed E-state index contributed by atoms with van der Waals surface area (Å²) in [7, 11) is 0. The van der Waals surface area contributed by atoms with E-state index in [2.05, 4.69) is 9.47 Å². The van der Waals surface area contributed by atoms with Gasteiger partial charge in [-0.3, -0.25) is 15.0 Å². The third kappa shape index (κ3) is 3.86. The Morgan fingerprint density at radius 3 is 2.83 bits per heavy atom. The van der Waals surface area contributed by atoms with Crippen molar-refractivity contribution in [2.24, 2.45) is 0 Å². The molecule has 6 nitrogen and oxygen atoms in total. The number of fused-ring (bicyclic) bond motifs is 1. The first kappa shape index (κ1) is 19.5. The summed E-state index contributed by atoms with van der Waals surface area (Å²) in [4.78, 5) is 13.2. The molecule has 0 amide bonds. The second-order valence-corrected chi connectivity index (χ2v) is 7.86. The molecule has 1 aliphatic rings. The number of rotatable bonds is 4. The van der Waals surface area contributed by atoms with Gasteiger partial charge in [0.1, 0.15) is 5.75 Å². The van der Waals surface area contributed by atoms with Gasteiger partial charge in [0.05, 0.1) is 11.0 Å². The van der Waals surface area contributed by atoms with Gasteiger partial charge in [0.25, 0.3) is 5.69 Å². The highest BCUT2D eigenvalue weighted by Gasteiger charge is 2.30. The van der Waals surface area contributed by atoms with Gasteiger partial charge in [-0.25, -0.2) is 0 Å². The van der Waals surface area contributed by atoms with E-state index in [4.69, 9.17) is 11.6 Å². The van der Waals surface area contributed by atoms with Crippen molar-refractivity contribution >= 4 is 17.3 Å². The van der Waals surface area contributed by atoms with Gasteiger partial charge in [-0.1, -0.05) is 29.3 Å². The molecule has 1 N–H and O–H groups in total. The quantitative estimate of drug-likeness (QED) is 0.481. The highest BCUT2D eigenvalue weighted by atomic mass is 35.5. The first-order valence-corrected chi connectivity index (χ1v) is 9.93. The van der Waals surface area contributed by atoms with Crippen LogP contribution in [0.2, 0.25) is 5.02 Å². The van der Waals surface area contributed by atoms with Crippen LogP contribution in [0.15, 0.2) is 54.7 Å². The Morgan fingerprint density at radius 2 is 2.03 bits per heavy atom. The van der Waals surface area contributed by atoms with Gasteiger partial charge >= 0.3 is 0 Å². The van der Waals surface area contributed by atoms with E-state index in [0.29, 0.717) is 17.1 Å². The Hall–Kier alpha value is -2.83. The lowest BCUT2D eigenvalue weighted by atomic mass is 9.99. The minimum atomic E-state index is -0.397. The van der Waals surface area contributed by atoms with Crippen molar-refractivity contribution in [3.05, 3.63) is 92.2 Å². The van der Waals surface area contributed by atoms with Crippen LogP contribution in [0.4, 0.5) is 5.69 Å². The van der Waals surface area contributed by atoms with Crippen molar-refractivity contribution in [1.82, 2.24) is 9.47 Å². The number of aromatic hydroxyl groups is 1. The number of hydrogen-bond donors (Lipinski definition) is 1. The third-order valence-corrected chi connectivity index (χ3v) is 5.79. The highest BCUT2D eigenvalue weighted by Crippen LogP contribution is 2.38. The summed E-state index contributed by atoms with van der Waals surface area (Å²) in [6, 6.07) is 13.9. The number of nitro benzene ring substituents is 1. The predicted molar refractivity (Wildman–Crippen MR) is 112 cm³/mol. The van der Waals surface area contributed by atoms with Crippen LogP contribution in [0.25, 0.3) is 0 Å². The van der Waals surface area contributed by atoms with Crippen molar-refractivity contribution in [1.29, 1.82) is 0 Å². The number of aromatic nitrogens is 1. The van der Waals surface area contributed by atoms with Crippen LogP contribution in [-0.2, 0) is 13.1 Å². The largest absolute Gasteiger partial charge is 0.508 e. The minimum absolute atomic E-state index is 0.0186. The van der Waals surface area contributed by atoms with Gasteiger partial charge in [-0.05, 0) is 37.6 Å². The average Bonchev–Trinajstić information content (AvgIpc) is 3.07. The van der Waals surface area contributed by atoms with E-state index in [9.17, 15) is 15.2 Å². The lowest BCUT2D eigenvalue weighted by molar-refractivity contribution is -0.384. The first-order chi connectivity index (χ1) is 13.9. The van der Waals surface area contributed by atoms with E-state index in [0.717, 1.165) is 36.3 Å². The van der Waals surface area contributed by atoms with Gasteiger partial charge in [0.15, 0.2) is 0 Å². The van der Waals surface area contributed by atoms with Crippen LogP contribution < -0.4 is 0 Å². The van der Waals surface area contributed by atoms with E-state index in [-0.39, 0.29) is 17.5 Å². The van der Waals surface area contributed by atoms with Gasteiger partial charge in [-0.2, -0.15) is 0 Å². The zero-order valence-corrected chi connectivity index (χ0v) is 16.8. The number of halogens is 1. The standard InChI is InChI=1S/C22H22ClN3O3/c1-15-5-8-21(27)16(12-15)14-25-11-3-10-24-9-2-4-20(24)22(25)18-13-17(26(28)29)6-7-19(18)23/h2,4-9,12-13,22,27H,3,10-11,14H2,1H3/t22-/m1/s1. The summed E-state index contributed by atoms with van der Waals surface area (Å²) in [5.41, 5.74) is 3.66. The van der Waals surface area contributed by atoms with Gasteiger partial charge in [0.2, 0.25) is 0 Å². The maximum atomic E-state index is 11.4. The van der Waals surface area contributed by atoms with Crippen molar-refractivity contribution in [3.63, 3.8) is 0 Å². The highest BCUT2D eigenvalue weighted by molar-refractivity contribution is 6.31. The van der Waals surface area contributed by atoms with Crippen molar-refractivity contribution in [3.8, 4) is 5.75 Å². The summed E-state index contributed by atoms with van der Waals surface area (Å²) in [6.07, 6.45) is 2.96. The second-order valence-electron chi connectivity index (χ2n) is 7.45. The molecule has 7 heteroatoms. The minimum Gasteiger partial charge on any atom is -0.508 e. The fourth-order valence-corrected chi connectivity index (χ4v) is 4.30. The van der Waals surface area contributed by atoms with E-state index in [1.54, 1.807) is 18.2 Å². The molecule has 0 saturated carbocycles. The molecule has 150 valence electrons. The maximum Gasteiger partial charge on any atom is 0.269 e. The van der Waals surface area contributed by atoms with Crippen molar-refractivity contribution in [2.45, 2.75) is 32.5 Å². The van der Waals surface area contributed by atoms with Crippen molar-refractivity contribution in [2.75, 3.05) is 6.54 Å². The third-order valence-electron chi connectivity index (χ3n) is 5.45. The number of phenolic OH excluding ortho intramolecular Hbond substituents is 1. The fraction of sp³-hybridized carbons (Fsp3) is 0.273. The molecule has 1 aliphatic heterocycles. The molecule has 1 aromatic heterocycles. The number of phenols is 1. The normalized spacial score (nSPS) is 17.0. The summed E-state index contributed by atoms with van der Waals surface area (Å²) in [6.45, 7) is 4.15. The SMILES string of the molecule is Cc1ccc(O)c(CN2CCCn3cccc3[C@H]2c2cc([N+](=O)[O-])ccc2Cl)c1. The molecule has 0 saturated heterocycles. The lowest BCUT2D eigenvalue weighted by Gasteiger charge is -2.31. The Labute approximate surface area is 174 Å². The monoisotopic (exact) mass is 411 g/mol. The predicted octanol–water partition coefficient (Wildman–Crippen LogP) is 5.06. The van der Waals surface area contributed by atoms with Crippen LogP contribution in [0, 0.1) is 17.0 Å². The lowest BCUT2D eigenvalue weighted by Crippen LogP contribution is -2.29. The maximum absolute atomic E-state index is 11.4. The average molecular weight is 412 g/mol. The van der Waals surface area contributed by atoms with Gasteiger partial charge in [0, 0.05) is 59.8 Å². The smallest absolute Gasteiger partial charge is 0.269 e. The number of hydrogen-bond acceptors (Lipinski definition) is 4. The van der Waals surface area contributed by atoms with Crippen LogP contribution >= 0.6 is 11.6 Å². The Bertz CT molecular complexity index is 1060. The second kappa shape index (κ2) is 7.89. The summed E-state index contributed by atoms with van der Waals surface area (Å²) < 4.78 is 2.18. The van der Waals surface area contributed by atoms with Crippen LogP contribution in [0.1, 0.15) is 34.8 Å². The van der Waals surface area contributed by atoms with Crippen LogP contribution in [0.3, 0.4) is 0 Å². The number of benzene rings is 2. The van der Waals surface area contributed by atoms with Gasteiger partial charge in [-0.15, -0.1) is 0 Å². The number of non-ortho nitro benzene ring substituents is 1. The molecular formula is C22H22ClN3O3. The summed E-state index contributed by atoms with van der Waals surface area (Å²) in [5.74, 6) is 0.249. The molecule has 4 rings (SSSR count). The van der Waals surface area contributed by atoms with E-state index in [1.807, 2.05) is 37.4 Å². The molecule has 0 aliphatic carbocycles. The summed E-state index contributed by atoms with van der Waals surface area (Å²) >= 11 is 6.54. The molecule has 0 unspecified atom stereocenters. The molecule has 0 spiro atoms. The van der Waals surface area contributed by atoms with E-state index < -0.39 is 4.92 Å². The fourth-order valence-electron chi connectivity index (χ4n) is 4.08. The Kier molecular flexibility index (Phi) is 5.30. The Balaban J connectivity index is 1.83. The zero-order chi connectivity index (χ0) is 20.5. The number of aryl methyl sites for hydroxylation is 2. The molecule has 29 heavy (non-hydrogen) atoms. The molecule has 0 radical (unpaired) electrons. The number of nitro groups is 1. The molecular weight excluding hydrogens is 390 g/mol. The molecule has 3 aromatic rings. The molecule has 0 fully saturated rings. The molecule has 1 atom stereocenters. The Morgan fingerprint density at radius 1 is 1.21 bits per heavy atom. The van der Waals surface area contributed by atoms with Gasteiger partial charge < -0.3 is 9.67 Å². The molecule has 2 heterocycles. The van der Waals surface area contributed by atoms with Crippen LogP contribution in [0.5, 0.6) is 5.75 Å². The van der Waals surface area contributed by atoms with E-state index >= 15 is 0 Å². The molecule has 2 aromatic carbocycles. The van der Waals surface area contributed by atoms with Crippen LogP contribution in [-0.4, -0.2) is 26.0 Å². The number of nitrogens with zero attached hydrogens (tertiary/aromatic N) is 3. The topological polar surface area (TPSA) is 71.5 Å². The van der Waals surface area contributed by atoms with Crippen molar-refractivity contribution < 1.29 is 10.0 Å².